The van der Waals surface area contributed by atoms with Gasteiger partial charge < -0.3 is 5.73 Å². The van der Waals surface area contributed by atoms with Crippen LogP contribution in [0.2, 0.25) is 0 Å². The lowest BCUT2D eigenvalue weighted by molar-refractivity contribution is -0.150. The van der Waals surface area contributed by atoms with E-state index >= 15 is 0 Å². The molecule has 1 aromatic carbocycles. The van der Waals surface area contributed by atoms with E-state index in [9.17, 15) is 13.2 Å². The zero-order valence-corrected chi connectivity index (χ0v) is 8.80. The number of nitrogens with two attached hydrogens (primary N) is 1. The van der Waals surface area contributed by atoms with Gasteiger partial charge in [-0.2, -0.15) is 13.2 Å². The van der Waals surface area contributed by atoms with Gasteiger partial charge in [-0.25, -0.2) is 0 Å². The van der Waals surface area contributed by atoms with E-state index in [1.165, 1.54) is 0 Å². The Morgan fingerprint density at radius 3 is 2.19 bits per heavy atom. The van der Waals surface area contributed by atoms with E-state index in [1.807, 2.05) is 30.3 Å². The lowest BCUT2D eigenvalue weighted by Gasteiger charge is -2.22. The molecule has 2 rings (SSSR count). The summed E-state index contributed by atoms with van der Waals surface area (Å²) in [6, 6.07) is 7.63. The Bertz CT molecular complexity index is 354. The first-order valence-corrected chi connectivity index (χ1v) is 5.32. The summed E-state index contributed by atoms with van der Waals surface area (Å²) in [5, 5.41) is 0. The van der Waals surface area contributed by atoms with Crippen LogP contribution in [0.1, 0.15) is 24.8 Å². The quantitative estimate of drug-likeness (QED) is 0.847. The van der Waals surface area contributed by atoms with Crippen molar-refractivity contribution in [2.24, 2.45) is 5.73 Å². The number of rotatable bonds is 3. The van der Waals surface area contributed by atoms with Crippen LogP contribution in [-0.2, 0) is 5.41 Å². The molecule has 16 heavy (non-hydrogen) atoms. The second kappa shape index (κ2) is 3.77. The van der Waals surface area contributed by atoms with Crippen LogP contribution in [0.3, 0.4) is 0 Å². The first kappa shape index (κ1) is 11.5. The molecule has 1 fully saturated rings. The van der Waals surface area contributed by atoms with Crippen molar-refractivity contribution in [3.63, 3.8) is 0 Å². The molecule has 0 amide bonds. The van der Waals surface area contributed by atoms with E-state index < -0.39 is 12.2 Å². The van der Waals surface area contributed by atoms with Gasteiger partial charge in [0.15, 0.2) is 0 Å². The summed E-state index contributed by atoms with van der Waals surface area (Å²) in [5.41, 5.74) is 5.85. The highest BCUT2D eigenvalue weighted by molar-refractivity contribution is 5.31. The van der Waals surface area contributed by atoms with Crippen LogP contribution in [-0.4, -0.2) is 12.2 Å². The Kier molecular flexibility index (Phi) is 2.70. The molecule has 1 saturated carbocycles. The van der Waals surface area contributed by atoms with E-state index in [-0.39, 0.29) is 11.8 Å². The summed E-state index contributed by atoms with van der Waals surface area (Å²) in [4.78, 5) is 0. The minimum Gasteiger partial charge on any atom is -0.320 e. The fraction of sp³-hybridized carbons (Fsp3) is 0.500. The third-order valence-electron chi connectivity index (χ3n) is 3.27. The lowest BCUT2D eigenvalue weighted by Crippen LogP contribution is -2.40. The van der Waals surface area contributed by atoms with Gasteiger partial charge in [-0.05, 0) is 30.2 Å². The molecule has 0 saturated heterocycles. The highest BCUT2D eigenvalue weighted by Gasteiger charge is 2.50. The summed E-state index contributed by atoms with van der Waals surface area (Å²) in [6.07, 6.45) is -2.67. The maximum Gasteiger partial charge on any atom is 0.403 e. The number of benzene rings is 1. The molecule has 0 aromatic heterocycles. The van der Waals surface area contributed by atoms with E-state index in [4.69, 9.17) is 5.73 Å². The molecular weight excluding hydrogens is 215 g/mol. The molecule has 0 radical (unpaired) electrons. The van der Waals surface area contributed by atoms with Crippen LogP contribution in [0.4, 0.5) is 13.2 Å². The first-order valence-electron chi connectivity index (χ1n) is 5.32. The van der Waals surface area contributed by atoms with Crippen molar-refractivity contribution >= 4 is 0 Å². The third-order valence-corrected chi connectivity index (χ3v) is 3.27. The first-order chi connectivity index (χ1) is 7.44. The fourth-order valence-corrected chi connectivity index (χ4v) is 2.09. The van der Waals surface area contributed by atoms with Crippen LogP contribution in [0.15, 0.2) is 30.3 Å². The second-order valence-electron chi connectivity index (χ2n) is 4.50. The summed E-state index contributed by atoms with van der Waals surface area (Å²) < 4.78 is 37.2. The third kappa shape index (κ3) is 2.21. The zero-order chi connectivity index (χ0) is 11.8. The van der Waals surface area contributed by atoms with Crippen molar-refractivity contribution in [2.45, 2.75) is 36.9 Å². The van der Waals surface area contributed by atoms with Crippen molar-refractivity contribution in [2.75, 3.05) is 0 Å². The van der Waals surface area contributed by atoms with Crippen molar-refractivity contribution in [3.8, 4) is 0 Å². The van der Waals surface area contributed by atoms with Crippen LogP contribution in [0.5, 0.6) is 0 Å². The van der Waals surface area contributed by atoms with Gasteiger partial charge in [-0.1, -0.05) is 30.3 Å². The van der Waals surface area contributed by atoms with Gasteiger partial charge in [0.25, 0.3) is 0 Å². The molecule has 1 aliphatic rings. The van der Waals surface area contributed by atoms with Crippen molar-refractivity contribution in [1.82, 2.24) is 0 Å². The normalized spacial score (nSPS) is 20.5. The van der Waals surface area contributed by atoms with Crippen molar-refractivity contribution in [3.05, 3.63) is 35.9 Å². The molecular formula is C12H14F3N. The van der Waals surface area contributed by atoms with Gasteiger partial charge in [0.05, 0.1) is 0 Å². The molecule has 0 bridgehead atoms. The largest absolute Gasteiger partial charge is 0.403 e. The number of halogens is 3. The Morgan fingerprint density at radius 1 is 1.19 bits per heavy atom. The van der Waals surface area contributed by atoms with Crippen LogP contribution in [0.25, 0.3) is 0 Å². The summed E-state index contributed by atoms with van der Waals surface area (Å²) in [7, 11) is 0. The Morgan fingerprint density at radius 2 is 1.75 bits per heavy atom. The Hall–Kier alpha value is -1.03. The Labute approximate surface area is 92.5 Å². The summed E-state index contributed by atoms with van der Waals surface area (Å²) in [6.45, 7) is 0. The van der Waals surface area contributed by atoms with Gasteiger partial charge in [0.2, 0.25) is 0 Å². The number of hydrogen-bond donors (Lipinski definition) is 1. The standard InChI is InChI=1S/C12H14F3N/c13-12(14,15)10(16)8-11(6-7-11)9-4-2-1-3-5-9/h1-5,10H,6-8,16H2. The van der Waals surface area contributed by atoms with Gasteiger partial charge in [0.1, 0.15) is 6.04 Å². The van der Waals surface area contributed by atoms with Crippen LogP contribution >= 0.6 is 0 Å². The minimum absolute atomic E-state index is 0.000509. The average Bonchev–Trinajstić information content (AvgIpc) is 2.99. The molecule has 88 valence electrons. The molecule has 0 heterocycles. The minimum atomic E-state index is -4.29. The van der Waals surface area contributed by atoms with E-state index in [2.05, 4.69) is 0 Å². The lowest BCUT2D eigenvalue weighted by atomic mass is 9.89. The predicted octanol–water partition coefficient (Wildman–Crippen LogP) is 3.00. The maximum atomic E-state index is 12.4. The van der Waals surface area contributed by atoms with Gasteiger partial charge in [0, 0.05) is 0 Å². The van der Waals surface area contributed by atoms with E-state index in [0.29, 0.717) is 0 Å². The van der Waals surface area contributed by atoms with Crippen LogP contribution in [0, 0.1) is 0 Å². The predicted molar refractivity (Wildman–Crippen MR) is 56.0 cm³/mol. The number of hydrogen-bond acceptors (Lipinski definition) is 1. The van der Waals surface area contributed by atoms with Gasteiger partial charge >= 0.3 is 6.18 Å². The van der Waals surface area contributed by atoms with Gasteiger partial charge in [-0.3, -0.25) is 0 Å². The fourth-order valence-electron chi connectivity index (χ4n) is 2.09. The topological polar surface area (TPSA) is 26.0 Å². The Balaban J connectivity index is 2.11. The van der Waals surface area contributed by atoms with E-state index in [1.54, 1.807) is 0 Å². The van der Waals surface area contributed by atoms with Crippen molar-refractivity contribution < 1.29 is 13.2 Å². The summed E-state index contributed by atoms with van der Waals surface area (Å²) in [5.74, 6) is 0. The second-order valence-corrected chi connectivity index (χ2v) is 4.50. The molecule has 1 aliphatic carbocycles. The van der Waals surface area contributed by atoms with Crippen LogP contribution < -0.4 is 5.73 Å². The highest BCUT2D eigenvalue weighted by atomic mass is 19.4. The smallest absolute Gasteiger partial charge is 0.320 e. The highest BCUT2D eigenvalue weighted by Crippen LogP contribution is 2.52. The monoisotopic (exact) mass is 229 g/mol. The maximum absolute atomic E-state index is 12.4. The molecule has 1 nitrogen and oxygen atoms in total. The van der Waals surface area contributed by atoms with Gasteiger partial charge in [-0.15, -0.1) is 0 Å². The SMILES string of the molecule is NC(CC1(c2ccccc2)CC1)C(F)(F)F. The molecule has 0 spiro atoms. The van der Waals surface area contributed by atoms with E-state index in [0.717, 1.165) is 18.4 Å². The molecule has 1 unspecified atom stereocenters. The molecule has 1 aromatic rings. The zero-order valence-electron chi connectivity index (χ0n) is 8.80. The molecule has 4 heteroatoms. The molecule has 2 N–H and O–H groups in total. The molecule has 0 aliphatic heterocycles. The van der Waals surface area contributed by atoms with Crippen molar-refractivity contribution in [1.29, 1.82) is 0 Å². The average molecular weight is 229 g/mol. The molecule has 1 atom stereocenters. The number of alkyl halides is 3. The summed E-state index contributed by atoms with van der Waals surface area (Å²) >= 11 is 0.